The fraction of sp³-hybridized carbons (Fsp3) is 0.400. The summed E-state index contributed by atoms with van der Waals surface area (Å²) in [5.74, 6) is 0.773. The van der Waals surface area contributed by atoms with Gasteiger partial charge in [0.2, 0.25) is 0 Å². The average Bonchev–Trinajstić information content (AvgIpc) is 2.75. The molecule has 1 saturated heterocycles. The highest BCUT2D eigenvalue weighted by atomic mass is 15.2. The lowest BCUT2D eigenvalue weighted by Gasteiger charge is -2.21. The molecule has 0 bridgehead atoms. The molecule has 3 rings (SSSR count). The monoisotopic (exact) mass is 241 g/mol. The number of benzene rings is 1. The molecule has 18 heavy (non-hydrogen) atoms. The number of aryl methyl sites for hydroxylation is 1. The molecule has 2 N–H and O–H groups in total. The first-order valence-electron chi connectivity index (χ1n) is 6.55. The first kappa shape index (κ1) is 11.3. The van der Waals surface area contributed by atoms with Crippen LogP contribution < -0.4 is 10.6 Å². The summed E-state index contributed by atoms with van der Waals surface area (Å²) < 4.78 is 0. The van der Waals surface area contributed by atoms with Gasteiger partial charge in [-0.2, -0.15) is 0 Å². The molecule has 0 radical (unpaired) electrons. The average molecular weight is 241 g/mol. The minimum Gasteiger partial charge on any atom is -0.399 e. The number of aromatic nitrogens is 1. The third-order valence-electron chi connectivity index (χ3n) is 3.70. The largest absolute Gasteiger partial charge is 0.399 e. The lowest BCUT2D eigenvalue weighted by Crippen LogP contribution is -2.19. The normalized spacial score (nSPS) is 19.7. The Hall–Kier alpha value is -1.77. The van der Waals surface area contributed by atoms with Gasteiger partial charge < -0.3 is 10.6 Å². The molecule has 0 amide bonds. The van der Waals surface area contributed by atoms with Crippen LogP contribution in [0, 0.1) is 12.8 Å². The van der Waals surface area contributed by atoms with Crippen molar-refractivity contribution in [1.29, 1.82) is 0 Å². The highest BCUT2D eigenvalue weighted by molar-refractivity contribution is 5.94. The van der Waals surface area contributed by atoms with Crippen LogP contribution in [-0.4, -0.2) is 18.1 Å². The first-order valence-corrected chi connectivity index (χ1v) is 6.55. The number of anilines is 2. The molecule has 94 valence electrons. The summed E-state index contributed by atoms with van der Waals surface area (Å²) in [4.78, 5) is 7.05. The van der Waals surface area contributed by atoms with Gasteiger partial charge in [0, 0.05) is 35.5 Å². The third-order valence-corrected chi connectivity index (χ3v) is 3.70. The fourth-order valence-corrected chi connectivity index (χ4v) is 2.77. The fourth-order valence-electron chi connectivity index (χ4n) is 2.77. The Balaban J connectivity index is 2.17. The number of nitrogens with two attached hydrogens (primary N) is 1. The van der Waals surface area contributed by atoms with Gasteiger partial charge in [-0.05, 0) is 43.5 Å². The predicted molar refractivity (Wildman–Crippen MR) is 76.9 cm³/mol. The third kappa shape index (κ3) is 1.90. The molecule has 1 aromatic carbocycles. The van der Waals surface area contributed by atoms with Crippen LogP contribution in [0.3, 0.4) is 0 Å². The highest BCUT2D eigenvalue weighted by Crippen LogP contribution is 2.31. The summed E-state index contributed by atoms with van der Waals surface area (Å²) in [6, 6.07) is 8.16. The van der Waals surface area contributed by atoms with Crippen molar-refractivity contribution >= 4 is 22.3 Å². The van der Waals surface area contributed by atoms with Crippen LogP contribution in [0.15, 0.2) is 24.3 Å². The van der Waals surface area contributed by atoms with Gasteiger partial charge in [-0.15, -0.1) is 0 Å². The quantitative estimate of drug-likeness (QED) is 0.780. The van der Waals surface area contributed by atoms with Crippen LogP contribution in [0.25, 0.3) is 10.9 Å². The van der Waals surface area contributed by atoms with E-state index in [9.17, 15) is 0 Å². The molecule has 0 aliphatic carbocycles. The van der Waals surface area contributed by atoms with Crippen molar-refractivity contribution < 1.29 is 0 Å². The van der Waals surface area contributed by atoms with E-state index in [4.69, 9.17) is 5.73 Å². The molecule has 0 saturated carbocycles. The van der Waals surface area contributed by atoms with Crippen LogP contribution in [0.4, 0.5) is 11.4 Å². The molecular formula is C15H19N3. The van der Waals surface area contributed by atoms with Crippen molar-refractivity contribution in [2.45, 2.75) is 20.3 Å². The van der Waals surface area contributed by atoms with E-state index in [1.165, 1.54) is 17.5 Å². The number of rotatable bonds is 1. The van der Waals surface area contributed by atoms with Crippen molar-refractivity contribution in [3.63, 3.8) is 0 Å². The van der Waals surface area contributed by atoms with Gasteiger partial charge in [-0.1, -0.05) is 6.92 Å². The Bertz CT molecular complexity index is 592. The molecule has 2 heterocycles. The lowest BCUT2D eigenvalue weighted by molar-refractivity contribution is 0.659. The van der Waals surface area contributed by atoms with Gasteiger partial charge in [0.25, 0.3) is 0 Å². The minimum absolute atomic E-state index is 0.773. The van der Waals surface area contributed by atoms with E-state index < -0.39 is 0 Å². The zero-order valence-electron chi connectivity index (χ0n) is 11.0. The smallest absolute Gasteiger partial charge is 0.0727 e. The Labute approximate surface area is 108 Å². The van der Waals surface area contributed by atoms with Crippen molar-refractivity contribution in [1.82, 2.24) is 4.98 Å². The van der Waals surface area contributed by atoms with Crippen molar-refractivity contribution in [3.8, 4) is 0 Å². The number of nitrogen functional groups attached to an aromatic ring is 1. The van der Waals surface area contributed by atoms with Crippen LogP contribution in [0.2, 0.25) is 0 Å². The van der Waals surface area contributed by atoms with E-state index in [1.807, 2.05) is 18.2 Å². The summed E-state index contributed by atoms with van der Waals surface area (Å²) in [6.07, 6.45) is 1.27. The molecule has 1 aliphatic heterocycles. The van der Waals surface area contributed by atoms with E-state index >= 15 is 0 Å². The van der Waals surface area contributed by atoms with Crippen molar-refractivity contribution in [3.05, 3.63) is 30.0 Å². The number of hydrogen-bond acceptors (Lipinski definition) is 3. The maximum absolute atomic E-state index is 5.91. The maximum Gasteiger partial charge on any atom is 0.0727 e. The Kier molecular flexibility index (Phi) is 2.62. The summed E-state index contributed by atoms with van der Waals surface area (Å²) >= 11 is 0. The lowest BCUT2D eigenvalue weighted by atomic mass is 10.1. The standard InChI is InChI=1S/C15H19N3/c1-10-5-6-18(9-10)15-7-11(2)17-14-4-3-12(16)8-13(14)15/h3-4,7-8,10H,5-6,9,16H2,1-2H3. The van der Waals surface area contributed by atoms with Crippen LogP contribution >= 0.6 is 0 Å². The molecule has 1 aromatic heterocycles. The van der Waals surface area contributed by atoms with E-state index in [-0.39, 0.29) is 0 Å². The molecule has 0 spiro atoms. The number of nitrogens with zero attached hydrogens (tertiary/aromatic N) is 2. The van der Waals surface area contributed by atoms with Crippen LogP contribution in [-0.2, 0) is 0 Å². The summed E-state index contributed by atoms with van der Waals surface area (Å²) in [5, 5.41) is 1.18. The highest BCUT2D eigenvalue weighted by Gasteiger charge is 2.21. The number of fused-ring (bicyclic) bond motifs is 1. The molecule has 3 nitrogen and oxygen atoms in total. The second-order valence-electron chi connectivity index (χ2n) is 5.40. The Morgan fingerprint density at radius 3 is 2.89 bits per heavy atom. The van der Waals surface area contributed by atoms with Gasteiger partial charge in [-0.3, -0.25) is 4.98 Å². The zero-order valence-corrected chi connectivity index (χ0v) is 11.0. The SMILES string of the molecule is Cc1cc(N2CCC(C)C2)c2cc(N)ccc2n1. The van der Waals surface area contributed by atoms with E-state index in [0.29, 0.717) is 0 Å². The first-order chi connectivity index (χ1) is 8.63. The van der Waals surface area contributed by atoms with Crippen molar-refractivity contribution in [2.24, 2.45) is 5.92 Å². The number of hydrogen-bond donors (Lipinski definition) is 1. The molecule has 1 aliphatic rings. The minimum atomic E-state index is 0.773. The summed E-state index contributed by atoms with van der Waals surface area (Å²) in [5.41, 5.74) is 10.1. The van der Waals surface area contributed by atoms with Crippen molar-refractivity contribution in [2.75, 3.05) is 23.7 Å². The number of pyridine rings is 1. The van der Waals surface area contributed by atoms with E-state index in [1.54, 1.807) is 0 Å². The maximum atomic E-state index is 5.91. The second-order valence-corrected chi connectivity index (χ2v) is 5.40. The van der Waals surface area contributed by atoms with Gasteiger partial charge in [0.15, 0.2) is 0 Å². The Morgan fingerprint density at radius 1 is 1.33 bits per heavy atom. The topological polar surface area (TPSA) is 42.1 Å². The van der Waals surface area contributed by atoms with Crippen LogP contribution in [0.1, 0.15) is 19.0 Å². The molecular weight excluding hydrogens is 222 g/mol. The van der Waals surface area contributed by atoms with Gasteiger partial charge in [0.05, 0.1) is 5.52 Å². The predicted octanol–water partition coefficient (Wildman–Crippen LogP) is 2.97. The molecule has 1 unspecified atom stereocenters. The molecule has 1 atom stereocenters. The second kappa shape index (κ2) is 4.16. The summed E-state index contributed by atoms with van der Waals surface area (Å²) in [6.45, 7) is 6.63. The molecule has 1 fully saturated rings. The van der Waals surface area contributed by atoms with Crippen LogP contribution in [0.5, 0.6) is 0 Å². The van der Waals surface area contributed by atoms with E-state index in [2.05, 4.69) is 29.8 Å². The van der Waals surface area contributed by atoms with Gasteiger partial charge in [-0.25, -0.2) is 0 Å². The van der Waals surface area contributed by atoms with Gasteiger partial charge in [0.1, 0.15) is 0 Å². The van der Waals surface area contributed by atoms with E-state index in [0.717, 1.165) is 35.9 Å². The Morgan fingerprint density at radius 2 is 2.17 bits per heavy atom. The zero-order chi connectivity index (χ0) is 12.7. The molecule has 2 aromatic rings. The summed E-state index contributed by atoms with van der Waals surface area (Å²) in [7, 11) is 0. The van der Waals surface area contributed by atoms with Gasteiger partial charge >= 0.3 is 0 Å². The molecule has 3 heteroatoms.